The van der Waals surface area contributed by atoms with Gasteiger partial charge in [-0.3, -0.25) is 0 Å². The van der Waals surface area contributed by atoms with Gasteiger partial charge in [0, 0.05) is 29.5 Å². The van der Waals surface area contributed by atoms with Gasteiger partial charge in [-0.15, -0.1) is 0 Å². The number of unbranched alkanes of at least 4 members (excludes halogenated alkanes) is 1. The molecule has 0 bridgehead atoms. The molecule has 0 N–H and O–H groups in total. The van der Waals surface area contributed by atoms with Crippen LogP contribution in [0.1, 0.15) is 117 Å². The van der Waals surface area contributed by atoms with E-state index in [1.54, 1.807) is 0 Å². The van der Waals surface area contributed by atoms with Crippen molar-refractivity contribution >= 4 is 22.6 Å². The smallest absolute Gasteiger partial charge is 0.158 e. The summed E-state index contributed by atoms with van der Waals surface area (Å²) >= 11 is 2.65. The van der Waals surface area contributed by atoms with Gasteiger partial charge in [-0.25, -0.2) is 0 Å². The Labute approximate surface area is 252 Å². The molecule has 2 aliphatic carbocycles. The predicted molar refractivity (Wildman–Crippen MR) is 164 cm³/mol. The summed E-state index contributed by atoms with van der Waals surface area (Å²) in [4.78, 5) is 0. The lowest BCUT2D eigenvalue weighted by molar-refractivity contribution is -0.194. The normalized spacial score (nSPS) is 40.7. The van der Waals surface area contributed by atoms with E-state index in [0.717, 1.165) is 57.7 Å². The highest BCUT2D eigenvalue weighted by atomic mass is 127. The lowest BCUT2D eigenvalue weighted by Crippen LogP contribution is -2.33. The van der Waals surface area contributed by atoms with Crippen LogP contribution < -0.4 is 0 Å². The minimum absolute atomic E-state index is 0.0461. The summed E-state index contributed by atoms with van der Waals surface area (Å²) in [5.41, 5.74) is 0. The minimum atomic E-state index is -0.0523. The van der Waals surface area contributed by atoms with Gasteiger partial charge in [0.2, 0.25) is 0 Å². The first kappa shape index (κ1) is 30.7. The average molecular weight is 659 g/mol. The van der Waals surface area contributed by atoms with Crippen molar-refractivity contribution in [1.29, 1.82) is 0 Å². The first-order valence-electron chi connectivity index (χ1n) is 16.7. The first-order valence-corrected chi connectivity index (χ1v) is 17.9. The van der Waals surface area contributed by atoms with Crippen LogP contribution >= 0.6 is 22.6 Å². The lowest BCUT2D eigenvalue weighted by atomic mass is 9.88. The summed E-state index contributed by atoms with van der Waals surface area (Å²) in [5, 5.41) is 0. The van der Waals surface area contributed by atoms with Crippen LogP contribution in [0.2, 0.25) is 0 Å². The number of hydrogen-bond acceptors (Lipinski definition) is 5. The molecular formula is C33H55IO5. The van der Waals surface area contributed by atoms with Gasteiger partial charge < -0.3 is 23.7 Å². The fourth-order valence-electron chi connectivity index (χ4n) is 7.97. The molecule has 5 rings (SSSR count). The van der Waals surface area contributed by atoms with Crippen LogP contribution in [0.4, 0.5) is 0 Å². The summed E-state index contributed by atoms with van der Waals surface area (Å²) in [5.74, 6) is 2.35. The number of alkyl halides is 1. The van der Waals surface area contributed by atoms with Crippen molar-refractivity contribution in [2.45, 2.75) is 158 Å². The fraction of sp³-hybridized carbons (Fsp3) is 0.939. The van der Waals surface area contributed by atoms with Crippen LogP contribution in [-0.4, -0.2) is 54.1 Å². The topological polar surface area (TPSA) is 46.2 Å². The Hall–Kier alpha value is 0.270. The second kappa shape index (κ2) is 15.7. The monoisotopic (exact) mass is 658 g/mol. The number of rotatable bonds is 13. The third kappa shape index (κ3) is 8.43. The van der Waals surface area contributed by atoms with E-state index in [2.05, 4.69) is 48.6 Å². The molecule has 5 fully saturated rings. The Morgan fingerprint density at radius 3 is 2.41 bits per heavy atom. The van der Waals surface area contributed by atoms with Crippen molar-refractivity contribution in [3.8, 4) is 0 Å². The molecule has 11 atom stereocenters. The van der Waals surface area contributed by atoms with Crippen molar-refractivity contribution in [3.63, 3.8) is 0 Å². The van der Waals surface area contributed by atoms with Gasteiger partial charge in [0.1, 0.15) is 0 Å². The van der Waals surface area contributed by atoms with E-state index >= 15 is 0 Å². The van der Waals surface area contributed by atoms with Gasteiger partial charge in [-0.1, -0.05) is 80.7 Å². The molecule has 0 radical (unpaired) electrons. The lowest BCUT2D eigenvalue weighted by Gasteiger charge is -2.31. The number of fused-ring (bicyclic) bond motifs is 1. The number of ether oxygens (including phenoxy) is 5. The van der Waals surface area contributed by atoms with Crippen molar-refractivity contribution in [2.75, 3.05) is 13.2 Å². The number of halogens is 1. The van der Waals surface area contributed by atoms with Gasteiger partial charge in [0.15, 0.2) is 12.6 Å². The highest BCUT2D eigenvalue weighted by molar-refractivity contribution is 14.1. The standard InChI is InChI=1S/C33H55IO5/c1-3-5-11-27(34)31-21-26-25(29(22-30(26)37-31)39-33-13-7-9-19-36-33)16-17-28(38-32-12-6-8-18-35-32)24-15-14-23(20-24)10-4-2/h16-17,23-33H,3-15,18-22H2,1-2H3/t23?,24?,25-,26-,27?,28-,29-,30-,31?,32?,33?/m1/s1. The Balaban J connectivity index is 1.30. The zero-order chi connectivity index (χ0) is 27.0. The molecule has 6 unspecified atom stereocenters. The molecule has 2 saturated carbocycles. The second-order valence-corrected chi connectivity index (χ2v) is 14.7. The maximum Gasteiger partial charge on any atom is 0.158 e. The molecule has 0 amide bonds. The average Bonchev–Trinajstić information content (AvgIpc) is 3.67. The molecule has 3 saturated heterocycles. The van der Waals surface area contributed by atoms with Gasteiger partial charge in [0.25, 0.3) is 0 Å². The molecule has 3 heterocycles. The maximum atomic E-state index is 6.75. The highest BCUT2D eigenvalue weighted by Gasteiger charge is 2.51. The molecule has 3 aliphatic heterocycles. The van der Waals surface area contributed by atoms with Crippen LogP contribution in [-0.2, 0) is 23.7 Å². The van der Waals surface area contributed by atoms with Crippen LogP contribution in [0.3, 0.4) is 0 Å². The Kier molecular flexibility index (Phi) is 12.3. The quantitative estimate of drug-likeness (QED) is 0.113. The fourth-order valence-corrected chi connectivity index (χ4v) is 8.87. The summed E-state index contributed by atoms with van der Waals surface area (Å²) < 4.78 is 32.9. The van der Waals surface area contributed by atoms with Gasteiger partial charge in [-0.05, 0) is 82.0 Å². The first-order chi connectivity index (χ1) is 19.1. The van der Waals surface area contributed by atoms with Crippen LogP contribution in [0.25, 0.3) is 0 Å². The van der Waals surface area contributed by atoms with Crippen molar-refractivity contribution in [3.05, 3.63) is 12.2 Å². The SMILES string of the molecule is CCCCC(I)C1C[C@@H]2[C@@H](C=C[C@@H](OC3CCCCO3)C3CCC(CCC)C3)[C@H](OC3CCCCO3)C[C@H]2O1. The number of hydrogen-bond donors (Lipinski definition) is 0. The Morgan fingerprint density at radius 1 is 0.897 bits per heavy atom. The molecule has 39 heavy (non-hydrogen) atoms. The van der Waals surface area contributed by atoms with Crippen molar-refractivity contribution in [1.82, 2.24) is 0 Å². The molecular weight excluding hydrogens is 603 g/mol. The molecule has 0 aromatic carbocycles. The summed E-state index contributed by atoms with van der Waals surface area (Å²) in [6.45, 7) is 6.27. The zero-order valence-electron chi connectivity index (χ0n) is 24.7. The van der Waals surface area contributed by atoms with E-state index in [-0.39, 0.29) is 24.8 Å². The second-order valence-electron chi connectivity index (χ2n) is 13.1. The van der Waals surface area contributed by atoms with Gasteiger partial charge in [-0.2, -0.15) is 0 Å². The van der Waals surface area contributed by atoms with E-state index in [9.17, 15) is 0 Å². The van der Waals surface area contributed by atoms with E-state index in [1.165, 1.54) is 64.2 Å². The van der Waals surface area contributed by atoms with Gasteiger partial charge in [0.05, 0.1) is 24.4 Å². The molecule has 5 nitrogen and oxygen atoms in total. The molecule has 0 aromatic rings. The molecule has 6 heteroatoms. The van der Waals surface area contributed by atoms with Crippen LogP contribution in [0.15, 0.2) is 12.2 Å². The van der Waals surface area contributed by atoms with E-state index < -0.39 is 0 Å². The molecule has 0 spiro atoms. The van der Waals surface area contributed by atoms with E-state index in [0.29, 0.717) is 33.9 Å². The maximum absolute atomic E-state index is 6.75. The third-order valence-corrected chi connectivity index (χ3v) is 11.6. The Bertz CT molecular complexity index is 736. The third-order valence-electron chi connectivity index (χ3n) is 10.1. The summed E-state index contributed by atoms with van der Waals surface area (Å²) in [6, 6.07) is 0. The van der Waals surface area contributed by atoms with E-state index in [4.69, 9.17) is 23.7 Å². The summed E-state index contributed by atoms with van der Waals surface area (Å²) in [6.07, 6.45) is 25.1. The van der Waals surface area contributed by atoms with Crippen LogP contribution in [0, 0.1) is 23.7 Å². The highest BCUT2D eigenvalue weighted by Crippen LogP contribution is 2.48. The molecule has 0 aromatic heterocycles. The minimum Gasteiger partial charge on any atom is -0.373 e. The molecule has 5 aliphatic rings. The molecule has 224 valence electrons. The van der Waals surface area contributed by atoms with Crippen molar-refractivity contribution in [2.24, 2.45) is 23.7 Å². The van der Waals surface area contributed by atoms with Crippen molar-refractivity contribution < 1.29 is 23.7 Å². The van der Waals surface area contributed by atoms with Crippen LogP contribution in [0.5, 0.6) is 0 Å². The van der Waals surface area contributed by atoms with Gasteiger partial charge >= 0.3 is 0 Å². The zero-order valence-corrected chi connectivity index (χ0v) is 26.8. The van der Waals surface area contributed by atoms with E-state index in [1.807, 2.05) is 0 Å². The Morgan fingerprint density at radius 2 is 1.69 bits per heavy atom. The largest absolute Gasteiger partial charge is 0.373 e. The summed E-state index contributed by atoms with van der Waals surface area (Å²) in [7, 11) is 0. The predicted octanol–water partition coefficient (Wildman–Crippen LogP) is 8.37.